The maximum Gasteiger partial charge on any atom is 0.303 e. The third-order valence-electron chi connectivity index (χ3n) is 2.54. The number of halogens is 1. The minimum atomic E-state index is -3.69. The molecule has 0 bridgehead atoms. The van der Waals surface area contributed by atoms with Crippen LogP contribution in [-0.4, -0.2) is 39.5 Å². The van der Waals surface area contributed by atoms with Gasteiger partial charge in [-0.1, -0.05) is 11.6 Å². The molecular weight excluding hydrogens is 322 g/mol. The first-order valence-corrected chi connectivity index (χ1v) is 7.96. The lowest BCUT2D eigenvalue weighted by Crippen LogP contribution is -2.18. The van der Waals surface area contributed by atoms with Gasteiger partial charge in [0.2, 0.25) is 10.0 Å². The second-order valence-electron chi connectivity index (χ2n) is 4.11. The van der Waals surface area contributed by atoms with Gasteiger partial charge in [-0.05, 0) is 6.42 Å². The summed E-state index contributed by atoms with van der Waals surface area (Å²) in [5.41, 5.74) is 0.175. The Hall–Kier alpha value is -1.67. The number of aliphatic carboxylic acids is 1. The number of rotatable bonds is 8. The van der Waals surface area contributed by atoms with Crippen LogP contribution in [0.25, 0.3) is 0 Å². The van der Waals surface area contributed by atoms with Crippen molar-refractivity contribution < 1.29 is 27.8 Å². The van der Waals surface area contributed by atoms with Crippen molar-refractivity contribution in [1.29, 1.82) is 0 Å². The van der Waals surface area contributed by atoms with E-state index < -0.39 is 16.0 Å². The van der Waals surface area contributed by atoms with Crippen molar-refractivity contribution in [1.82, 2.24) is 0 Å². The highest BCUT2D eigenvalue weighted by molar-refractivity contribution is 7.92. The topological polar surface area (TPSA) is 102 Å². The lowest BCUT2D eigenvalue weighted by atomic mass is 10.3. The zero-order chi connectivity index (χ0) is 16.0. The Morgan fingerprint density at radius 1 is 1.29 bits per heavy atom. The summed E-state index contributed by atoms with van der Waals surface area (Å²) < 4.78 is 36.2. The van der Waals surface area contributed by atoms with Crippen LogP contribution in [-0.2, 0) is 14.8 Å². The van der Waals surface area contributed by atoms with Crippen molar-refractivity contribution in [3.8, 4) is 11.5 Å². The molecule has 1 aromatic rings. The predicted molar refractivity (Wildman–Crippen MR) is 78.8 cm³/mol. The summed E-state index contributed by atoms with van der Waals surface area (Å²) in [4.78, 5) is 10.4. The van der Waals surface area contributed by atoms with E-state index in [1.807, 2.05) is 0 Å². The molecule has 7 nitrogen and oxygen atoms in total. The zero-order valence-corrected chi connectivity index (χ0v) is 13.1. The number of carboxylic acid groups (broad SMARTS) is 1. The molecule has 1 aromatic carbocycles. The largest absolute Gasteiger partial charge is 0.495 e. The third-order valence-corrected chi connectivity index (χ3v) is 4.20. The normalized spacial score (nSPS) is 11.0. The van der Waals surface area contributed by atoms with Gasteiger partial charge >= 0.3 is 5.97 Å². The molecule has 0 aliphatic heterocycles. The highest BCUT2D eigenvalue weighted by atomic mass is 35.5. The predicted octanol–water partition coefficient (Wildman–Crippen LogP) is 1.96. The van der Waals surface area contributed by atoms with Crippen LogP contribution in [0.1, 0.15) is 12.8 Å². The highest BCUT2D eigenvalue weighted by Crippen LogP contribution is 2.36. The second-order valence-corrected chi connectivity index (χ2v) is 6.35. The first-order chi connectivity index (χ1) is 9.79. The van der Waals surface area contributed by atoms with Crippen LogP contribution in [0.2, 0.25) is 5.02 Å². The lowest BCUT2D eigenvalue weighted by Gasteiger charge is -2.14. The van der Waals surface area contributed by atoms with Crippen LogP contribution in [0.3, 0.4) is 0 Å². The van der Waals surface area contributed by atoms with Gasteiger partial charge in [-0.25, -0.2) is 8.42 Å². The molecule has 0 heterocycles. The van der Waals surface area contributed by atoms with Crippen molar-refractivity contribution in [2.75, 3.05) is 24.7 Å². The highest BCUT2D eigenvalue weighted by Gasteiger charge is 2.16. The van der Waals surface area contributed by atoms with E-state index in [0.717, 1.165) is 0 Å². The summed E-state index contributed by atoms with van der Waals surface area (Å²) in [5.74, 6) is -0.827. The molecule has 0 aliphatic rings. The Morgan fingerprint density at radius 2 is 1.90 bits per heavy atom. The molecule has 0 fully saturated rings. The molecule has 21 heavy (non-hydrogen) atoms. The SMILES string of the molecule is COc1cc(NS(=O)(=O)CCCC(=O)O)c(OC)cc1Cl. The molecule has 0 aliphatic carbocycles. The molecule has 0 spiro atoms. The second kappa shape index (κ2) is 7.37. The van der Waals surface area contributed by atoms with E-state index in [1.165, 1.54) is 26.4 Å². The summed E-state index contributed by atoms with van der Waals surface area (Å²) in [6.07, 6.45) is -0.209. The van der Waals surface area contributed by atoms with Crippen LogP contribution in [0.5, 0.6) is 11.5 Å². The average Bonchev–Trinajstić information content (AvgIpc) is 2.39. The maximum absolute atomic E-state index is 11.9. The van der Waals surface area contributed by atoms with Gasteiger partial charge in [0.25, 0.3) is 0 Å². The maximum atomic E-state index is 11.9. The number of hydrogen-bond acceptors (Lipinski definition) is 5. The summed E-state index contributed by atoms with van der Waals surface area (Å²) in [5, 5.41) is 8.80. The summed E-state index contributed by atoms with van der Waals surface area (Å²) in [6.45, 7) is 0. The first-order valence-electron chi connectivity index (χ1n) is 5.93. The Balaban J connectivity index is 2.92. The Bertz CT molecular complexity index is 616. The summed E-state index contributed by atoms with van der Waals surface area (Å²) >= 11 is 5.92. The van der Waals surface area contributed by atoms with E-state index in [4.69, 9.17) is 26.2 Å². The minimum Gasteiger partial charge on any atom is -0.495 e. The summed E-state index contributed by atoms with van der Waals surface area (Å²) in [6, 6.07) is 2.82. The van der Waals surface area contributed by atoms with Gasteiger partial charge in [-0.3, -0.25) is 9.52 Å². The molecular formula is C12H16ClNO6S. The van der Waals surface area contributed by atoms with Gasteiger partial charge in [0.05, 0.1) is 30.7 Å². The fourth-order valence-corrected chi connectivity index (χ4v) is 2.92. The van der Waals surface area contributed by atoms with E-state index in [-0.39, 0.29) is 35.1 Å². The molecule has 0 amide bonds. The molecule has 2 N–H and O–H groups in total. The van der Waals surface area contributed by atoms with E-state index in [1.54, 1.807) is 0 Å². The van der Waals surface area contributed by atoms with Crippen LogP contribution in [0.15, 0.2) is 12.1 Å². The molecule has 0 unspecified atom stereocenters. The quantitative estimate of drug-likeness (QED) is 0.751. The summed E-state index contributed by atoms with van der Waals surface area (Å²) in [7, 11) is -0.916. The number of sulfonamides is 1. The van der Waals surface area contributed by atoms with Crippen molar-refractivity contribution in [2.45, 2.75) is 12.8 Å². The van der Waals surface area contributed by atoms with Gasteiger partial charge < -0.3 is 14.6 Å². The Morgan fingerprint density at radius 3 is 2.43 bits per heavy atom. The molecule has 0 atom stereocenters. The van der Waals surface area contributed by atoms with E-state index >= 15 is 0 Å². The van der Waals surface area contributed by atoms with Crippen molar-refractivity contribution >= 4 is 33.3 Å². The van der Waals surface area contributed by atoms with Gasteiger partial charge in [-0.2, -0.15) is 0 Å². The standard InChI is InChI=1S/C12H16ClNO6S/c1-19-10-7-9(11(20-2)6-8(10)13)14-21(17,18)5-3-4-12(15)16/h6-7,14H,3-5H2,1-2H3,(H,15,16). The van der Waals surface area contributed by atoms with E-state index in [9.17, 15) is 13.2 Å². The van der Waals surface area contributed by atoms with Crippen LogP contribution < -0.4 is 14.2 Å². The number of carboxylic acids is 1. The van der Waals surface area contributed by atoms with Gasteiger partial charge in [0.1, 0.15) is 11.5 Å². The smallest absolute Gasteiger partial charge is 0.303 e. The number of nitrogens with one attached hydrogen (secondary N) is 1. The van der Waals surface area contributed by atoms with Crippen LogP contribution in [0.4, 0.5) is 5.69 Å². The fourth-order valence-electron chi connectivity index (χ4n) is 1.57. The first kappa shape index (κ1) is 17.4. The van der Waals surface area contributed by atoms with Crippen molar-refractivity contribution in [3.63, 3.8) is 0 Å². The monoisotopic (exact) mass is 337 g/mol. The number of hydrogen-bond donors (Lipinski definition) is 2. The lowest BCUT2D eigenvalue weighted by molar-refractivity contribution is -0.137. The van der Waals surface area contributed by atoms with E-state index in [2.05, 4.69) is 4.72 Å². The van der Waals surface area contributed by atoms with Crippen molar-refractivity contribution in [3.05, 3.63) is 17.2 Å². The van der Waals surface area contributed by atoms with Gasteiger partial charge in [0, 0.05) is 18.6 Å². The van der Waals surface area contributed by atoms with Crippen LogP contribution >= 0.6 is 11.6 Å². The molecule has 118 valence electrons. The molecule has 0 radical (unpaired) electrons. The van der Waals surface area contributed by atoms with Crippen LogP contribution in [0, 0.1) is 0 Å². The zero-order valence-electron chi connectivity index (χ0n) is 11.6. The fraction of sp³-hybridized carbons (Fsp3) is 0.417. The van der Waals surface area contributed by atoms with Gasteiger partial charge in [-0.15, -0.1) is 0 Å². The minimum absolute atomic E-state index is 0.0116. The number of carbonyl (C=O) groups is 1. The number of anilines is 1. The third kappa shape index (κ3) is 5.31. The molecule has 0 aromatic heterocycles. The number of methoxy groups -OCH3 is 2. The molecule has 1 rings (SSSR count). The Labute approximate surface area is 127 Å². The average molecular weight is 338 g/mol. The molecule has 9 heteroatoms. The molecule has 0 saturated heterocycles. The van der Waals surface area contributed by atoms with Gasteiger partial charge in [0.15, 0.2) is 0 Å². The van der Waals surface area contributed by atoms with E-state index in [0.29, 0.717) is 5.75 Å². The van der Waals surface area contributed by atoms with Crippen molar-refractivity contribution in [2.24, 2.45) is 0 Å². The molecule has 0 saturated carbocycles. The Kier molecular flexibility index (Phi) is 6.10. The number of benzene rings is 1. The number of ether oxygens (including phenoxy) is 2.